The number of nitrogens with one attached hydrogen (secondary N) is 1. The first kappa shape index (κ1) is 14.9. The number of amides is 1. The first-order valence-corrected chi connectivity index (χ1v) is 5.32. The molecule has 2 atom stereocenters. The van der Waals surface area contributed by atoms with Crippen LogP contribution >= 0.6 is 11.8 Å². The number of hydrogen-bond donors (Lipinski definition) is 4. The number of rotatable bonds is 6. The standard InChI is InChI=1S/C8H13NO6S/c1-4(11)9-5(7(13)14)3-16-8(15)6(12)2-10/h5-6,10,12H,2-3H2,1H3,(H,9,11)(H,13,14)/t5-,6?/m0/s1. The number of aliphatic carboxylic acids is 1. The van der Waals surface area contributed by atoms with Gasteiger partial charge in [0.1, 0.15) is 12.1 Å². The molecule has 0 heterocycles. The van der Waals surface area contributed by atoms with Crippen molar-refractivity contribution < 1.29 is 29.7 Å². The summed E-state index contributed by atoms with van der Waals surface area (Å²) in [6, 6.07) is -1.20. The Morgan fingerprint density at radius 3 is 2.31 bits per heavy atom. The lowest BCUT2D eigenvalue weighted by molar-refractivity contribution is -0.140. The van der Waals surface area contributed by atoms with Crippen LogP contribution in [0.4, 0.5) is 0 Å². The smallest absolute Gasteiger partial charge is 0.327 e. The molecule has 92 valence electrons. The molecular weight excluding hydrogens is 238 g/mol. The average molecular weight is 251 g/mol. The van der Waals surface area contributed by atoms with Gasteiger partial charge in [-0.25, -0.2) is 4.79 Å². The second-order valence-electron chi connectivity index (χ2n) is 2.92. The first-order chi connectivity index (χ1) is 7.38. The van der Waals surface area contributed by atoms with Gasteiger partial charge < -0.3 is 20.6 Å². The van der Waals surface area contributed by atoms with Crippen LogP contribution < -0.4 is 5.32 Å². The number of carboxylic acids is 1. The van der Waals surface area contributed by atoms with E-state index in [2.05, 4.69) is 5.32 Å². The summed E-state index contributed by atoms with van der Waals surface area (Å²) in [6.45, 7) is 0.439. The van der Waals surface area contributed by atoms with Crippen LogP contribution in [0, 0.1) is 0 Å². The zero-order valence-electron chi connectivity index (χ0n) is 8.54. The maximum absolute atomic E-state index is 11.0. The lowest BCUT2D eigenvalue weighted by Gasteiger charge is -2.12. The van der Waals surface area contributed by atoms with Crippen molar-refractivity contribution in [3.8, 4) is 0 Å². The highest BCUT2D eigenvalue weighted by atomic mass is 32.2. The third-order valence-corrected chi connectivity index (χ3v) is 2.57. The Morgan fingerprint density at radius 2 is 1.94 bits per heavy atom. The largest absolute Gasteiger partial charge is 0.480 e. The summed E-state index contributed by atoms with van der Waals surface area (Å²) in [5.41, 5.74) is 0. The van der Waals surface area contributed by atoms with Gasteiger partial charge in [-0.15, -0.1) is 0 Å². The van der Waals surface area contributed by atoms with Crippen molar-refractivity contribution in [3.05, 3.63) is 0 Å². The quantitative estimate of drug-likeness (QED) is 0.438. The highest BCUT2D eigenvalue weighted by Gasteiger charge is 2.22. The third-order valence-electron chi connectivity index (χ3n) is 1.51. The molecule has 0 aliphatic rings. The van der Waals surface area contributed by atoms with Gasteiger partial charge in [0.2, 0.25) is 11.0 Å². The van der Waals surface area contributed by atoms with E-state index < -0.39 is 35.7 Å². The van der Waals surface area contributed by atoms with Crippen LogP contribution in [0.5, 0.6) is 0 Å². The van der Waals surface area contributed by atoms with Crippen molar-refractivity contribution in [1.29, 1.82) is 0 Å². The topological polar surface area (TPSA) is 124 Å². The molecule has 0 saturated carbocycles. The zero-order valence-corrected chi connectivity index (χ0v) is 9.36. The van der Waals surface area contributed by atoms with E-state index in [9.17, 15) is 14.4 Å². The third kappa shape index (κ3) is 5.69. The molecule has 0 aliphatic heterocycles. The van der Waals surface area contributed by atoms with Crippen LogP contribution in [0.1, 0.15) is 6.92 Å². The van der Waals surface area contributed by atoms with E-state index in [4.69, 9.17) is 15.3 Å². The normalized spacial score (nSPS) is 13.9. The van der Waals surface area contributed by atoms with Gasteiger partial charge in [0.15, 0.2) is 0 Å². The van der Waals surface area contributed by atoms with Gasteiger partial charge in [0, 0.05) is 12.7 Å². The predicted molar refractivity (Wildman–Crippen MR) is 55.8 cm³/mol. The van der Waals surface area contributed by atoms with E-state index >= 15 is 0 Å². The summed E-state index contributed by atoms with van der Waals surface area (Å²) in [5, 5.41) is 27.4. The molecular formula is C8H13NO6S. The summed E-state index contributed by atoms with van der Waals surface area (Å²) in [7, 11) is 0. The molecule has 0 fully saturated rings. The van der Waals surface area contributed by atoms with E-state index in [1.807, 2.05) is 0 Å². The summed E-state index contributed by atoms with van der Waals surface area (Å²) >= 11 is 0.543. The maximum Gasteiger partial charge on any atom is 0.327 e. The van der Waals surface area contributed by atoms with Crippen LogP contribution in [-0.4, -0.2) is 56.8 Å². The van der Waals surface area contributed by atoms with Crippen LogP contribution in [0.3, 0.4) is 0 Å². The summed E-state index contributed by atoms with van der Waals surface area (Å²) in [6.07, 6.45) is -1.53. The molecule has 0 rings (SSSR count). The minimum atomic E-state index is -1.53. The molecule has 0 spiro atoms. The number of aliphatic hydroxyl groups excluding tert-OH is 2. The monoisotopic (exact) mass is 251 g/mol. The van der Waals surface area contributed by atoms with Crippen molar-refractivity contribution in [2.45, 2.75) is 19.1 Å². The van der Waals surface area contributed by atoms with Crippen molar-refractivity contribution in [2.75, 3.05) is 12.4 Å². The molecule has 1 unspecified atom stereocenters. The van der Waals surface area contributed by atoms with E-state index in [0.717, 1.165) is 6.92 Å². The van der Waals surface area contributed by atoms with Crippen LogP contribution in [0.15, 0.2) is 0 Å². The highest BCUT2D eigenvalue weighted by molar-refractivity contribution is 8.13. The molecule has 4 N–H and O–H groups in total. The SMILES string of the molecule is CC(=O)N[C@@H](CSC(=O)C(O)CO)C(=O)O. The molecule has 0 saturated heterocycles. The summed E-state index contributed by atoms with van der Waals surface area (Å²) < 4.78 is 0. The number of thioether (sulfide) groups is 1. The van der Waals surface area contributed by atoms with Gasteiger partial charge in [-0.3, -0.25) is 9.59 Å². The molecule has 0 aliphatic carbocycles. The van der Waals surface area contributed by atoms with Crippen LogP contribution in [-0.2, 0) is 14.4 Å². The molecule has 16 heavy (non-hydrogen) atoms. The Bertz CT molecular complexity index is 282. The van der Waals surface area contributed by atoms with Crippen molar-refractivity contribution in [1.82, 2.24) is 5.32 Å². The molecule has 1 amide bonds. The maximum atomic E-state index is 11.0. The molecule has 0 aromatic carbocycles. The minimum absolute atomic E-state index is 0.204. The highest BCUT2D eigenvalue weighted by Crippen LogP contribution is 2.08. The number of carbonyl (C=O) groups is 3. The van der Waals surface area contributed by atoms with Crippen molar-refractivity contribution in [2.24, 2.45) is 0 Å². The molecule has 0 radical (unpaired) electrons. The molecule has 0 aromatic heterocycles. The lowest BCUT2D eigenvalue weighted by Crippen LogP contribution is -2.42. The zero-order chi connectivity index (χ0) is 12.7. The average Bonchev–Trinajstić information content (AvgIpc) is 2.21. The van der Waals surface area contributed by atoms with Gasteiger partial charge in [-0.2, -0.15) is 0 Å². The minimum Gasteiger partial charge on any atom is -0.480 e. The fourth-order valence-electron chi connectivity index (χ4n) is 0.756. The van der Waals surface area contributed by atoms with Gasteiger partial charge in [-0.05, 0) is 0 Å². The fourth-order valence-corrected chi connectivity index (χ4v) is 1.58. The Kier molecular flexibility index (Phi) is 6.70. The van der Waals surface area contributed by atoms with Gasteiger partial charge >= 0.3 is 5.97 Å². The predicted octanol–water partition coefficient (Wildman–Crippen LogP) is -1.81. The number of aliphatic hydroxyl groups is 2. The summed E-state index contributed by atoms with van der Waals surface area (Å²) in [4.78, 5) is 32.3. The molecule has 0 bridgehead atoms. The number of hydrogen-bond acceptors (Lipinski definition) is 6. The fraction of sp³-hybridized carbons (Fsp3) is 0.625. The van der Waals surface area contributed by atoms with E-state index in [1.165, 1.54) is 0 Å². The molecule has 0 aromatic rings. The van der Waals surface area contributed by atoms with Crippen LogP contribution in [0.25, 0.3) is 0 Å². The first-order valence-electron chi connectivity index (χ1n) is 4.34. The number of carboxylic acid groups (broad SMARTS) is 1. The van der Waals surface area contributed by atoms with Crippen molar-refractivity contribution >= 4 is 28.8 Å². The Labute approximate surface area is 95.8 Å². The second kappa shape index (κ2) is 7.20. The number of carbonyl (C=O) groups excluding carboxylic acids is 2. The van der Waals surface area contributed by atoms with Gasteiger partial charge in [0.25, 0.3) is 0 Å². The van der Waals surface area contributed by atoms with Gasteiger partial charge in [-0.1, -0.05) is 11.8 Å². The van der Waals surface area contributed by atoms with Crippen molar-refractivity contribution in [3.63, 3.8) is 0 Å². The second-order valence-corrected chi connectivity index (χ2v) is 3.94. The molecule has 8 heteroatoms. The van der Waals surface area contributed by atoms with E-state index in [1.54, 1.807) is 0 Å². The lowest BCUT2D eigenvalue weighted by atomic mass is 10.3. The van der Waals surface area contributed by atoms with E-state index in [-0.39, 0.29) is 5.75 Å². The van der Waals surface area contributed by atoms with Gasteiger partial charge in [0.05, 0.1) is 6.61 Å². The summed E-state index contributed by atoms with van der Waals surface area (Å²) in [5.74, 6) is -2.00. The van der Waals surface area contributed by atoms with E-state index in [0.29, 0.717) is 11.8 Å². The Hall–Kier alpha value is -1.12. The van der Waals surface area contributed by atoms with Crippen LogP contribution in [0.2, 0.25) is 0 Å². The Morgan fingerprint density at radius 1 is 1.38 bits per heavy atom. The Balaban J connectivity index is 4.17. The molecule has 7 nitrogen and oxygen atoms in total.